The van der Waals surface area contributed by atoms with Crippen LogP contribution in [0.1, 0.15) is 58.8 Å². The van der Waals surface area contributed by atoms with E-state index in [1.807, 2.05) is 0 Å². The normalized spacial score (nSPS) is 23.1. The second-order valence-electron chi connectivity index (χ2n) is 6.77. The highest BCUT2D eigenvalue weighted by atomic mass is 127. The van der Waals surface area contributed by atoms with Crippen LogP contribution >= 0.6 is 24.0 Å². The predicted molar refractivity (Wildman–Crippen MR) is 106 cm³/mol. The van der Waals surface area contributed by atoms with Crippen molar-refractivity contribution in [3.05, 3.63) is 0 Å². The first-order valence-electron chi connectivity index (χ1n) is 9.01. The number of nitrogens with zero attached hydrogens (tertiary/aromatic N) is 2. The van der Waals surface area contributed by atoms with Gasteiger partial charge in [0, 0.05) is 25.7 Å². The molecule has 1 saturated heterocycles. The quantitative estimate of drug-likeness (QED) is 0.405. The van der Waals surface area contributed by atoms with Gasteiger partial charge in [-0.15, -0.1) is 24.0 Å². The highest BCUT2D eigenvalue weighted by Gasteiger charge is 2.20. The Balaban J connectivity index is 0.00000264. The molecule has 2 fully saturated rings. The largest absolute Gasteiger partial charge is 0.357 e. The number of carbonyl (C=O) groups is 1. The number of rotatable bonds is 4. The second-order valence-corrected chi connectivity index (χ2v) is 6.77. The molecule has 1 atom stereocenters. The van der Waals surface area contributed by atoms with Crippen LogP contribution in [0.3, 0.4) is 0 Å². The Bertz CT molecular complexity index is 383. The summed E-state index contributed by atoms with van der Waals surface area (Å²) in [5, 5.41) is 6.46. The number of hydrogen-bond acceptors (Lipinski definition) is 2. The molecule has 0 spiro atoms. The number of halogens is 1. The van der Waals surface area contributed by atoms with Crippen LogP contribution in [0.4, 0.5) is 0 Å². The first kappa shape index (κ1) is 20.5. The Labute approximate surface area is 158 Å². The van der Waals surface area contributed by atoms with E-state index in [4.69, 9.17) is 0 Å². The fourth-order valence-corrected chi connectivity index (χ4v) is 3.47. The molecule has 5 nitrogen and oxygen atoms in total. The molecule has 134 valence electrons. The van der Waals surface area contributed by atoms with Crippen LogP contribution in [0.5, 0.6) is 0 Å². The lowest BCUT2D eigenvalue weighted by molar-refractivity contribution is -0.120. The summed E-state index contributed by atoms with van der Waals surface area (Å²) >= 11 is 0. The maximum atomic E-state index is 12.1. The van der Waals surface area contributed by atoms with Crippen LogP contribution in [-0.4, -0.2) is 49.0 Å². The van der Waals surface area contributed by atoms with Gasteiger partial charge in [0.1, 0.15) is 6.54 Å². The number of aliphatic imine (C=N–C) groups is 1. The summed E-state index contributed by atoms with van der Waals surface area (Å²) in [6.45, 7) is 7.52. The standard InChI is InChI=1S/C17H32N4O.HI/c1-3-18-17(21-11-7-8-14(2)13-21)19-12-16(22)20-15-9-5-4-6-10-15;/h14-15H,3-13H2,1-2H3,(H,18,19)(H,20,22);1H. The van der Waals surface area contributed by atoms with E-state index in [2.05, 4.69) is 34.4 Å². The zero-order chi connectivity index (χ0) is 15.8. The lowest BCUT2D eigenvalue weighted by Crippen LogP contribution is -2.47. The number of carbonyl (C=O) groups excluding carboxylic acids is 1. The molecule has 0 radical (unpaired) electrons. The third kappa shape index (κ3) is 7.27. The van der Waals surface area contributed by atoms with E-state index in [9.17, 15) is 4.79 Å². The van der Waals surface area contributed by atoms with Crippen LogP contribution in [0.25, 0.3) is 0 Å². The van der Waals surface area contributed by atoms with Crippen molar-refractivity contribution >= 4 is 35.8 Å². The number of hydrogen-bond donors (Lipinski definition) is 2. The molecule has 0 bridgehead atoms. The molecular formula is C17H33IN4O. The van der Waals surface area contributed by atoms with E-state index >= 15 is 0 Å². The van der Waals surface area contributed by atoms with Crippen molar-refractivity contribution in [3.63, 3.8) is 0 Å². The molecule has 2 rings (SSSR count). The van der Waals surface area contributed by atoms with Crippen molar-refractivity contribution in [2.75, 3.05) is 26.2 Å². The van der Waals surface area contributed by atoms with E-state index in [0.29, 0.717) is 12.0 Å². The predicted octanol–water partition coefficient (Wildman–Crippen LogP) is 2.75. The van der Waals surface area contributed by atoms with Crippen molar-refractivity contribution in [3.8, 4) is 0 Å². The Morgan fingerprint density at radius 1 is 1.17 bits per heavy atom. The molecule has 6 heteroatoms. The number of nitrogens with one attached hydrogen (secondary N) is 2. The number of amides is 1. The molecule has 1 heterocycles. The van der Waals surface area contributed by atoms with Crippen molar-refractivity contribution in [2.24, 2.45) is 10.9 Å². The summed E-state index contributed by atoms with van der Waals surface area (Å²) < 4.78 is 0. The first-order valence-corrected chi connectivity index (χ1v) is 9.01. The van der Waals surface area contributed by atoms with Gasteiger partial charge in [0.25, 0.3) is 0 Å². The molecule has 0 aromatic heterocycles. The topological polar surface area (TPSA) is 56.7 Å². The molecule has 1 amide bonds. The van der Waals surface area contributed by atoms with Gasteiger partial charge in [-0.1, -0.05) is 26.2 Å². The fourth-order valence-electron chi connectivity index (χ4n) is 3.47. The lowest BCUT2D eigenvalue weighted by atomic mass is 9.95. The highest BCUT2D eigenvalue weighted by Crippen LogP contribution is 2.17. The van der Waals surface area contributed by atoms with Gasteiger partial charge in [0.2, 0.25) is 5.91 Å². The number of guanidine groups is 1. The monoisotopic (exact) mass is 436 g/mol. The number of likely N-dealkylation sites (tertiary alicyclic amines) is 1. The van der Waals surface area contributed by atoms with E-state index in [1.54, 1.807) is 0 Å². The zero-order valence-corrected chi connectivity index (χ0v) is 17.0. The highest BCUT2D eigenvalue weighted by molar-refractivity contribution is 14.0. The maximum absolute atomic E-state index is 12.1. The van der Waals surface area contributed by atoms with Gasteiger partial charge in [0.05, 0.1) is 0 Å². The minimum Gasteiger partial charge on any atom is -0.357 e. The smallest absolute Gasteiger partial charge is 0.242 e. The SMILES string of the molecule is CCNC(=NCC(=O)NC1CCCCC1)N1CCCC(C)C1.I. The van der Waals surface area contributed by atoms with Gasteiger partial charge in [0.15, 0.2) is 5.96 Å². The van der Waals surface area contributed by atoms with Gasteiger partial charge < -0.3 is 15.5 Å². The number of piperidine rings is 1. The van der Waals surface area contributed by atoms with Crippen LogP contribution in [0, 0.1) is 5.92 Å². The van der Waals surface area contributed by atoms with Crippen molar-refractivity contribution in [1.29, 1.82) is 0 Å². The molecule has 23 heavy (non-hydrogen) atoms. The maximum Gasteiger partial charge on any atom is 0.242 e. The molecular weight excluding hydrogens is 403 g/mol. The minimum atomic E-state index is 0. The van der Waals surface area contributed by atoms with Gasteiger partial charge in [-0.3, -0.25) is 4.79 Å². The van der Waals surface area contributed by atoms with E-state index in [0.717, 1.165) is 38.4 Å². The van der Waals surface area contributed by atoms with Crippen molar-refractivity contribution in [2.45, 2.75) is 64.8 Å². The summed E-state index contributed by atoms with van der Waals surface area (Å²) in [5.41, 5.74) is 0. The van der Waals surface area contributed by atoms with E-state index < -0.39 is 0 Å². The zero-order valence-electron chi connectivity index (χ0n) is 14.6. The molecule has 1 aliphatic heterocycles. The average molecular weight is 436 g/mol. The third-order valence-electron chi connectivity index (χ3n) is 4.63. The molecule has 2 aliphatic rings. The third-order valence-corrected chi connectivity index (χ3v) is 4.63. The Morgan fingerprint density at radius 3 is 2.57 bits per heavy atom. The molecule has 1 saturated carbocycles. The van der Waals surface area contributed by atoms with Gasteiger partial charge in [-0.25, -0.2) is 4.99 Å². The molecule has 1 unspecified atom stereocenters. The summed E-state index contributed by atoms with van der Waals surface area (Å²) in [6, 6.07) is 0.369. The molecule has 1 aliphatic carbocycles. The minimum absolute atomic E-state index is 0. The van der Waals surface area contributed by atoms with Gasteiger partial charge in [-0.05, 0) is 38.5 Å². The van der Waals surface area contributed by atoms with Crippen LogP contribution in [-0.2, 0) is 4.79 Å². The Hall–Kier alpha value is -0.530. The summed E-state index contributed by atoms with van der Waals surface area (Å²) in [6.07, 6.45) is 8.53. The summed E-state index contributed by atoms with van der Waals surface area (Å²) in [5.74, 6) is 1.66. The second kappa shape index (κ2) is 11.1. The summed E-state index contributed by atoms with van der Waals surface area (Å²) in [4.78, 5) is 19.0. The van der Waals surface area contributed by atoms with Crippen molar-refractivity contribution < 1.29 is 4.79 Å². The van der Waals surface area contributed by atoms with Gasteiger partial charge >= 0.3 is 0 Å². The van der Waals surface area contributed by atoms with E-state index in [1.165, 1.54) is 32.1 Å². The van der Waals surface area contributed by atoms with Crippen LogP contribution in [0.2, 0.25) is 0 Å². The van der Waals surface area contributed by atoms with E-state index in [-0.39, 0.29) is 36.4 Å². The lowest BCUT2D eigenvalue weighted by Gasteiger charge is -2.33. The molecule has 2 N–H and O–H groups in total. The first-order chi connectivity index (χ1) is 10.7. The Morgan fingerprint density at radius 2 is 1.91 bits per heavy atom. The van der Waals surface area contributed by atoms with Gasteiger partial charge in [-0.2, -0.15) is 0 Å². The fraction of sp³-hybridized carbons (Fsp3) is 0.882. The van der Waals surface area contributed by atoms with Crippen molar-refractivity contribution in [1.82, 2.24) is 15.5 Å². The summed E-state index contributed by atoms with van der Waals surface area (Å²) in [7, 11) is 0. The van der Waals surface area contributed by atoms with Crippen LogP contribution < -0.4 is 10.6 Å². The average Bonchev–Trinajstić information content (AvgIpc) is 2.52. The molecule has 0 aromatic carbocycles. The molecule has 0 aromatic rings. The Kier molecular flexibility index (Phi) is 9.90. The van der Waals surface area contributed by atoms with Crippen LogP contribution in [0.15, 0.2) is 4.99 Å².